The number of alkyl carbamates (subject to hydrolysis) is 1. The van der Waals surface area contributed by atoms with Crippen LogP contribution in [0.15, 0.2) is 30.3 Å². The Balaban J connectivity index is 3.06. The number of nitrogens with one attached hydrogen (secondary N) is 4. The van der Waals surface area contributed by atoms with Crippen molar-refractivity contribution in [2.24, 2.45) is 5.92 Å². The van der Waals surface area contributed by atoms with E-state index in [1.54, 1.807) is 30.3 Å². The Bertz CT molecular complexity index is 1190. The molecule has 0 aliphatic carbocycles. The molecule has 0 spiro atoms. The second kappa shape index (κ2) is 18.0. The van der Waals surface area contributed by atoms with Crippen LogP contribution in [-0.2, 0) is 44.9 Å². The predicted molar refractivity (Wildman–Crippen MR) is 150 cm³/mol. The van der Waals surface area contributed by atoms with E-state index in [9.17, 15) is 43.5 Å². The molecule has 1 aromatic carbocycles. The molecular weight excluding hydrogens is 592 g/mol. The van der Waals surface area contributed by atoms with Gasteiger partial charge < -0.3 is 41.3 Å². The summed E-state index contributed by atoms with van der Waals surface area (Å²) in [4.78, 5) is 96.4. The maximum atomic E-state index is 13.1. The largest absolute Gasteiger partial charge is 0.481 e. The van der Waals surface area contributed by atoms with E-state index in [4.69, 9.17) is 14.9 Å². The third kappa shape index (κ3) is 14.2. The number of thiol groups is 1. The van der Waals surface area contributed by atoms with Crippen LogP contribution < -0.4 is 21.3 Å². The molecular formula is C26H34N4O12S. The maximum Gasteiger partial charge on any atom is 0.408 e. The number of hydrogen-bond donors (Lipinski definition) is 8. The lowest BCUT2D eigenvalue weighted by molar-refractivity contribution is -0.141. The molecule has 43 heavy (non-hydrogen) atoms. The highest BCUT2D eigenvalue weighted by atomic mass is 32.1. The highest BCUT2D eigenvalue weighted by Crippen LogP contribution is 2.08. The second-order valence-corrected chi connectivity index (χ2v) is 10.0. The lowest BCUT2D eigenvalue weighted by Crippen LogP contribution is -2.59. The van der Waals surface area contributed by atoms with Gasteiger partial charge in [0.15, 0.2) is 0 Å². The Morgan fingerprint density at radius 2 is 1.26 bits per heavy atom. The number of carboxylic acid groups (broad SMARTS) is 3. The average molecular weight is 627 g/mol. The molecule has 1 rings (SSSR count). The van der Waals surface area contributed by atoms with E-state index in [0.717, 1.165) is 0 Å². The van der Waals surface area contributed by atoms with Crippen molar-refractivity contribution in [2.75, 3.05) is 0 Å². The summed E-state index contributed by atoms with van der Waals surface area (Å²) in [5, 5.41) is 35.2. The van der Waals surface area contributed by atoms with Crippen molar-refractivity contribution < 1.29 is 58.4 Å². The molecule has 0 unspecified atom stereocenters. The van der Waals surface area contributed by atoms with E-state index in [1.165, 1.54) is 13.8 Å². The smallest absolute Gasteiger partial charge is 0.408 e. The fraction of sp³-hybridized carbons (Fsp3) is 0.462. The summed E-state index contributed by atoms with van der Waals surface area (Å²) in [6.07, 6.45) is -3.95. The van der Waals surface area contributed by atoms with Crippen molar-refractivity contribution in [2.45, 2.75) is 70.3 Å². The van der Waals surface area contributed by atoms with E-state index in [1.807, 2.05) is 0 Å². The first-order chi connectivity index (χ1) is 20.1. The van der Waals surface area contributed by atoms with Crippen LogP contribution in [0.1, 0.15) is 45.1 Å². The van der Waals surface area contributed by atoms with Gasteiger partial charge in [0.25, 0.3) is 0 Å². The average Bonchev–Trinajstić information content (AvgIpc) is 2.91. The number of benzene rings is 1. The van der Waals surface area contributed by atoms with Gasteiger partial charge in [0.2, 0.25) is 22.8 Å². The Morgan fingerprint density at radius 1 is 0.721 bits per heavy atom. The Hall–Kier alpha value is -4.67. The summed E-state index contributed by atoms with van der Waals surface area (Å²) in [6.45, 7) is 2.83. The van der Waals surface area contributed by atoms with Gasteiger partial charge in [0.1, 0.15) is 30.8 Å². The van der Waals surface area contributed by atoms with Gasteiger partial charge in [0.05, 0.1) is 12.8 Å². The number of carbonyl (C=O) groups is 8. The van der Waals surface area contributed by atoms with Gasteiger partial charge in [-0.15, -0.1) is 12.6 Å². The highest BCUT2D eigenvalue weighted by molar-refractivity contribution is 7.96. The predicted octanol–water partition coefficient (Wildman–Crippen LogP) is -0.338. The quantitative estimate of drug-likeness (QED) is 0.0974. The van der Waals surface area contributed by atoms with Crippen LogP contribution in [0.2, 0.25) is 0 Å². The minimum atomic E-state index is -1.73. The Labute approximate surface area is 251 Å². The molecule has 236 valence electrons. The first-order valence-corrected chi connectivity index (χ1v) is 13.3. The number of carboxylic acids is 3. The topological polar surface area (TPSA) is 255 Å². The third-order valence-corrected chi connectivity index (χ3v) is 6.03. The summed E-state index contributed by atoms with van der Waals surface area (Å²) in [5.41, 5.74) is 0.610. The van der Waals surface area contributed by atoms with Crippen molar-refractivity contribution in [3.05, 3.63) is 35.9 Å². The van der Waals surface area contributed by atoms with Crippen molar-refractivity contribution in [1.82, 2.24) is 21.3 Å². The SMILES string of the molecule is CC(C)[C@H](NC(=O)[C@H](CCC(=O)O)NC(=O)[C@@H](CC(=O)O)NC(=O)OCc1ccccc1)C(=O)N[C@@H](CC(=O)O)C(=O)S. The minimum Gasteiger partial charge on any atom is -0.481 e. The molecule has 0 aliphatic rings. The molecule has 0 aliphatic heterocycles. The zero-order valence-electron chi connectivity index (χ0n) is 23.3. The van der Waals surface area contributed by atoms with E-state index < -0.39 is 103 Å². The molecule has 0 heterocycles. The van der Waals surface area contributed by atoms with Gasteiger partial charge in [0, 0.05) is 6.42 Å². The lowest BCUT2D eigenvalue weighted by Gasteiger charge is -2.27. The van der Waals surface area contributed by atoms with Gasteiger partial charge in [-0.05, 0) is 17.9 Å². The Kier molecular flexibility index (Phi) is 15.2. The van der Waals surface area contributed by atoms with E-state index in [2.05, 4.69) is 33.9 Å². The zero-order chi connectivity index (χ0) is 32.7. The molecule has 0 radical (unpaired) electrons. The van der Waals surface area contributed by atoms with E-state index >= 15 is 0 Å². The molecule has 0 aromatic heterocycles. The van der Waals surface area contributed by atoms with Gasteiger partial charge in [-0.2, -0.15) is 0 Å². The summed E-state index contributed by atoms with van der Waals surface area (Å²) >= 11 is 3.56. The van der Waals surface area contributed by atoms with Gasteiger partial charge in [-0.1, -0.05) is 44.2 Å². The van der Waals surface area contributed by atoms with Crippen LogP contribution in [-0.4, -0.2) is 86.3 Å². The van der Waals surface area contributed by atoms with Gasteiger partial charge in [-0.3, -0.25) is 33.6 Å². The third-order valence-electron chi connectivity index (χ3n) is 5.72. The van der Waals surface area contributed by atoms with E-state index in [-0.39, 0.29) is 6.61 Å². The number of amides is 4. The second-order valence-electron chi connectivity index (χ2n) is 9.58. The fourth-order valence-corrected chi connectivity index (χ4v) is 3.68. The molecule has 1 aromatic rings. The van der Waals surface area contributed by atoms with Crippen LogP contribution in [0.4, 0.5) is 4.79 Å². The van der Waals surface area contributed by atoms with Crippen LogP contribution in [0.25, 0.3) is 0 Å². The molecule has 16 nitrogen and oxygen atoms in total. The summed E-state index contributed by atoms with van der Waals surface area (Å²) in [5.74, 6) is -8.01. The monoisotopic (exact) mass is 626 g/mol. The zero-order valence-corrected chi connectivity index (χ0v) is 24.2. The van der Waals surface area contributed by atoms with E-state index in [0.29, 0.717) is 5.56 Å². The molecule has 17 heteroatoms. The van der Waals surface area contributed by atoms with Crippen LogP contribution >= 0.6 is 12.6 Å². The molecule has 0 saturated heterocycles. The number of hydrogen-bond acceptors (Lipinski definition) is 9. The van der Waals surface area contributed by atoms with Crippen molar-refractivity contribution in [3.8, 4) is 0 Å². The molecule has 0 bridgehead atoms. The molecule has 0 fully saturated rings. The van der Waals surface area contributed by atoms with Crippen LogP contribution in [0, 0.1) is 5.92 Å². The highest BCUT2D eigenvalue weighted by Gasteiger charge is 2.33. The summed E-state index contributed by atoms with van der Waals surface area (Å²) in [7, 11) is 0. The summed E-state index contributed by atoms with van der Waals surface area (Å²) in [6, 6.07) is 2.22. The normalized spacial score (nSPS) is 13.4. The number of carbonyl (C=O) groups excluding carboxylic acids is 5. The molecule has 0 saturated carbocycles. The van der Waals surface area contributed by atoms with Gasteiger partial charge in [-0.25, -0.2) is 4.79 Å². The Morgan fingerprint density at radius 3 is 1.77 bits per heavy atom. The standard InChI is InChI=1S/C26H34N4O12S/c1-13(2)21(24(39)28-17(25(40)43)11-20(35)36)30-22(37)15(8-9-18(31)32)27-23(38)16(10-19(33)34)29-26(41)42-12-14-6-4-3-5-7-14/h3-7,13,15-17,21H,8-12H2,1-2H3,(H,27,38)(H,28,39)(H,29,41)(H,30,37)(H,31,32)(H,33,34)(H,35,36)(H,40,43)/t15-,16+,17-,21-/m0/s1. The minimum absolute atomic E-state index is 0.192. The molecule has 4 atom stereocenters. The maximum absolute atomic E-state index is 13.1. The molecule has 7 N–H and O–H groups in total. The lowest BCUT2D eigenvalue weighted by atomic mass is 10.0. The number of rotatable bonds is 18. The van der Waals surface area contributed by atoms with Crippen LogP contribution in [0.3, 0.4) is 0 Å². The molecule has 4 amide bonds. The number of aliphatic carboxylic acids is 3. The number of ether oxygens (including phenoxy) is 1. The first-order valence-electron chi connectivity index (χ1n) is 12.9. The van der Waals surface area contributed by atoms with Crippen LogP contribution in [0.5, 0.6) is 0 Å². The van der Waals surface area contributed by atoms with Gasteiger partial charge >= 0.3 is 24.0 Å². The van der Waals surface area contributed by atoms with Crippen molar-refractivity contribution >= 4 is 59.5 Å². The van der Waals surface area contributed by atoms with Crippen molar-refractivity contribution in [3.63, 3.8) is 0 Å². The first kappa shape index (κ1) is 36.4. The van der Waals surface area contributed by atoms with Crippen molar-refractivity contribution in [1.29, 1.82) is 0 Å². The fourth-order valence-electron chi connectivity index (χ4n) is 3.52. The summed E-state index contributed by atoms with van der Waals surface area (Å²) < 4.78 is 5.01.